The van der Waals surface area contributed by atoms with Gasteiger partial charge in [-0.05, 0) is 37.1 Å². The number of methoxy groups -OCH3 is 1. The second kappa shape index (κ2) is 9.72. The number of benzene rings is 2. The number of thioether (sulfide) groups is 1. The van der Waals surface area contributed by atoms with E-state index in [1.807, 2.05) is 30.3 Å². The van der Waals surface area contributed by atoms with Crippen molar-refractivity contribution in [3.8, 4) is 11.5 Å². The molecule has 0 radical (unpaired) electrons. The zero-order valence-corrected chi connectivity index (χ0v) is 20.0. The summed E-state index contributed by atoms with van der Waals surface area (Å²) in [5, 5.41) is 0.193. The van der Waals surface area contributed by atoms with E-state index < -0.39 is 18.0 Å². The van der Waals surface area contributed by atoms with Gasteiger partial charge in [-0.15, -0.1) is 0 Å². The van der Waals surface area contributed by atoms with Gasteiger partial charge in [-0.1, -0.05) is 48.2 Å². The molecule has 2 aromatic carbocycles. The Morgan fingerprint density at radius 2 is 1.85 bits per heavy atom. The molecule has 0 spiro atoms. The van der Waals surface area contributed by atoms with Crippen LogP contribution in [0.5, 0.6) is 11.5 Å². The number of esters is 2. The van der Waals surface area contributed by atoms with Gasteiger partial charge in [-0.25, -0.2) is 9.79 Å². The molecule has 0 aromatic heterocycles. The van der Waals surface area contributed by atoms with Crippen LogP contribution in [-0.4, -0.2) is 40.3 Å². The first-order chi connectivity index (χ1) is 16.3. The number of fused-ring (bicyclic) bond motifs is 1. The molecule has 1 saturated heterocycles. The first-order valence-electron chi connectivity index (χ1n) is 10.7. The van der Waals surface area contributed by atoms with E-state index in [1.54, 1.807) is 32.0 Å². The minimum atomic E-state index is -0.763. The Bertz CT molecular complexity index is 1210. The predicted octanol–water partition coefficient (Wildman–Crippen LogP) is 4.01. The van der Waals surface area contributed by atoms with Crippen molar-refractivity contribution in [2.75, 3.05) is 7.11 Å². The second-order valence-corrected chi connectivity index (χ2v) is 9.14. The molecule has 2 aliphatic rings. The third kappa shape index (κ3) is 4.56. The van der Waals surface area contributed by atoms with E-state index in [1.165, 1.54) is 30.7 Å². The number of carbonyl (C=O) groups excluding carboxylic acids is 3. The van der Waals surface area contributed by atoms with Crippen LogP contribution in [0, 0.1) is 0 Å². The van der Waals surface area contributed by atoms with Crippen LogP contribution < -0.4 is 9.47 Å². The fourth-order valence-electron chi connectivity index (χ4n) is 3.87. The lowest BCUT2D eigenvalue weighted by Gasteiger charge is -2.33. The summed E-state index contributed by atoms with van der Waals surface area (Å²) in [6.45, 7) is 4.92. The summed E-state index contributed by atoms with van der Waals surface area (Å²) in [5.74, 6) is -0.655. The Labute approximate surface area is 201 Å². The highest BCUT2D eigenvalue weighted by molar-refractivity contribution is 8.15. The van der Waals surface area contributed by atoms with Gasteiger partial charge in [0.05, 0.1) is 29.7 Å². The second-order valence-electron chi connectivity index (χ2n) is 7.83. The van der Waals surface area contributed by atoms with E-state index in [9.17, 15) is 14.4 Å². The van der Waals surface area contributed by atoms with Crippen LogP contribution in [0.1, 0.15) is 37.9 Å². The Morgan fingerprint density at radius 3 is 2.53 bits per heavy atom. The molecular weight excluding hydrogens is 456 g/mol. The molecule has 2 unspecified atom stereocenters. The zero-order chi connectivity index (χ0) is 24.4. The molecule has 1 fully saturated rings. The normalized spacial score (nSPS) is 19.5. The maximum absolute atomic E-state index is 13.3. The number of amidine groups is 1. The van der Waals surface area contributed by atoms with E-state index in [4.69, 9.17) is 14.2 Å². The fourth-order valence-corrected chi connectivity index (χ4v) is 4.90. The van der Waals surface area contributed by atoms with Crippen molar-refractivity contribution < 1.29 is 28.6 Å². The van der Waals surface area contributed by atoms with Crippen LogP contribution in [0.15, 0.2) is 64.8 Å². The summed E-state index contributed by atoms with van der Waals surface area (Å²) in [7, 11) is 1.45. The molecule has 0 aliphatic carbocycles. The number of hydrogen-bond donors (Lipinski definition) is 0. The summed E-state index contributed by atoms with van der Waals surface area (Å²) >= 11 is 1.34. The van der Waals surface area contributed by atoms with Gasteiger partial charge in [0.1, 0.15) is 6.61 Å². The van der Waals surface area contributed by atoms with Crippen molar-refractivity contribution in [2.24, 2.45) is 4.99 Å². The lowest BCUT2D eigenvalue weighted by molar-refractivity contribution is -0.141. The number of amides is 1. The van der Waals surface area contributed by atoms with Gasteiger partial charge >= 0.3 is 11.9 Å². The third-order valence-corrected chi connectivity index (χ3v) is 6.50. The highest BCUT2D eigenvalue weighted by Gasteiger charge is 2.46. The summed E-state index contributed by atoms with van der Waals surface area (Å²) < 4.78 is 16.2. The van der Waals surface area contributed by atoms with Gasteiger partial charge in [-0.3, -0.25) is 14.5 Å². The van der Waals surface area contributed by atoms with Gasteiger partial charge in [0, 0.05) is 6.92 Å². The van der Waals surface area contributed by atoms with Crippen LogP contribution in [0.4, 0.5) is 0 Å². The average molecular weight is 481 g/mol. The van der Waals surface area contributed by atoms with Crippen molar-refractivity contribution in [1.29, 1.82) is 0 Å². The maximum Gasteiger partial charge on any atom is 0.338 e. The van der Waals surface area contributed by atoms with Crippen LogP contribution >= 0.6 is 11.8 Å². The molecular formula is C25H24N2O6S. The van der Waals surface area contributed by atoms with Crippen molar-refractivity contribution in [2.45, 2.75) is 38.7 Å². The molecule has 2 aliphatic heterocycles. The highest BCUT2D eigenvalue weighted by atomic mass is 32.2. The molecule has 9 heteroatoms. The molecule has 4 rings (SSSR count). The summed E-state index contributed by atoms with van der Waals surface area (Å²) in [4.78, 5) is 43.9. The Balaban J connectivity index is 1.74. The SMILES string of the molecule is COc1cc(C2C(C(=O)OCc3ccccc3)=C(C)N=C3SC(C)C(=O)N32)ccc1OC(C)=O. The Morgan fingerprint density at radius 1 is 1.12 bits per heavy atom. The standard InChI is InChI=1S/C25H24N2O6S/c1-14-21(24(30)32-13-17-8-6-5-7-9-17)22(27-23(29)15(2)34-25(27)26-14)18-10-11-19(33-16(3)28)20(12-18)31-4/h5-12,15,22H,13H2,1-4H3. The average Bonchev–Trinajstić information content (AvgIpc) is 3.10. The third-order valence-electron chi connectivity index (χ3n) is 5.45. The van der Waals surface area contributed by atoms with Gasteiger partial charge in [0.25, 0.3) is 0 Å². The minimum absolute atomic E-state index is 0.0908. The monoisotopic (exact) mass is 480 g/mol. The smallest absolute Gasteiger partial charge is 0.338 e. The Hall–Kier alpha value is -3.59. The lowest BCUT2D eigenvalue weighted by Crippen LogP contribution is -2.40. The quantitative estimate of drug-likeness (QED) is 0.455. The number of ether oxygens (including phenoxy) is 3. The Kier molecular flexibility index (Phi) is 6.74. The number of hydrogen-bond acceptors (Lipinski definition) is 8. The van der Waals surface area contributed by atoms with Gasteiger partial charge in [0.2, 0.25) is 5.91 Å². The van der Waals surface area contributed by atoms with E-state index in [0.29, 0.717) is 22.2 Å². The van der Waals surface area contributed by atoms with Crippen LogP contribution in [0.25, 0.3) is 0 Å². The molecule has 176 valence electrons. The number of nitrogens with zero attached hydrogens (tertiary/aromatic N) is 2. The molecule has 2 aromatic rings. The van der Waals surface area contributed by atoms with E-state index >= 15 is 0 Å². The number of carbonyl (C=O) groups is 3. The molecule has 2 atom stereocenters. The molecule has 0 N–H and O–H groups in total. The fraction of sp³-hybridized carbons (Fsp3) is 0.280. The van der Waals surface area contributed by atoms with Crippen molar-refractivity contribution in [3.63, 3.8) is 0 Å². The first kappa shape index (κ1) is 23.6. The van der Waals surface area contributed by atoms with E-state index in [0.717, 1.165) is 5.56 Å². The van der Waals surface area contributed by atoms with Crippen LogP contribution in [0.2, 0.25) is 0 Å². The van der Waals surface area contributed by atoms with Crippen LogP contribution in [0.3, 0.4) is 0 Å². The van der Waals surface area contributed by atoms with Gasteiger partial charge in [-0.2, -0.15) is 0 Å². The molecule has 0 bridgehead atoms. The molecule has 34 heavy (non-hydrogen) atoms. The summed E-state index contributed by atoms with van der Waals surface area (Å²) in [6, 6.07) is 13.5. The van der Waals surface area contributed by atoms with E-state index in [-0.39, 0.29) is 29.1 Å². The van der Waals surface area contributed by atoms with Gasteiger partial charge < -0.3 is 14.2 Å². The number of aliphatic imine (C=N–C) groups is 1. The van der Waals surface area contributed by atoms with Crippen molar-refractivity contribution in [1.82, 2.24) is 4.90 Å². The summed E-state index contributed by atoms with van der Waals surface area (Å²) in [6.07, 6.45) is 0. The molecule has 0 saturated carbocycles. The lowest BCUT2D eigenvalue weighted by atomic mass is 9.94. The largest absolute Gasteiger partial charge is 0.493 e. The first-order valence-corrected chi connectivity index (χ1v) is 11.5. The predicted molar refractivity (Wildman–Crippen MR) is 127 cm³/mol. The van der Waals surface area contributed by atoms with Crippen molar-refractivity contribution >= 4 is 34.8 Å². The highest BCUT2D eigenvalue weighted by Crippen LogP contribution is 2.44. The van der Waals surface area contributed by atoms with E-state index in [2.05, 4.69) is 4.99 Å². The topological polar surface area (TPSA) is 94.5 Å². The summed E-state index contributed by atoms with van der Waals surface area (Å²) in [5.41, 5.74) is 2.20. The van der Waals surface area contributed by atoms with Crippen LogP contribution in [-0.2, 0) is 25.7 Å². The maximum atomic E-state index is 13.3. The zero-order valence-electron chi connectivity index (χ0n) is 19.2. The molecule has 2 heterocycles. The number of allylic oxidation sites excluding steroid dienone is 1. The van der Waals surface area contributed by atoms with Gasteiger partial charge in [0.15, 0.2) is 16.7 Å². The molecule has 8 nitrogen and oxygen atoms in total. The minimum Gasteiger partial charge on any atom is -0.493 e. The van der Waals surface area contributed by atoms with Crippen molar-refractivity contribution in [3.05, 3.63) is 70.9 Å². The molecule has 1 amide bonds. The number of rotatable bonds is 6.